The van der Waals surface area contributed by atoms with Gasteiger partial charge in [-0.3, -0.25) is 9.78 Å². The Labute approximate surface area is 183 Å². The minimum absolute atomic E-state index is 0.132. The first kappa shape index (κ1) is 21.0. The van der Waals surface area contributed by atoms with Crippen LogP contribution < -0.4 is 15.4 Å². The van der Waals surface area contributed by atoms with Crippen LogP contribution in [-0.2, 0) is 0 Å². The highest BCUT2D eigenvalue weighted by molar-refractivity contribution is 6.30. The number of nitrogens with zero attached hydrogens (tertiary/aromatic N) is 4. The lowest BCUT2D eigenvalue weighted by Gasteiger charge is -2.28. The van der Waals surface area contributed by atoms with E-state index >= 15 is 0 Å². The van der Waals surface area contributed by atoms with Gasteiger partial charge in [0.05, 0.1) is 30.1 Å². The largest absolute Gasteiger partial charge is 0.491 e. The number of amides is 1. The summed E-state index contributed by atoms with van der Waals surface area (Å²) < 4.78 is 19.7. The fourth-order valence-corrected chi connectivity index (χ4v) is 3.42. The van der Waals surface area contributed by atoms with Crippen molar-refractivity contribution in [2.24, 2.45) is 0 Å². The minimum atomic E-state index is -0.501. The molecule has 3 aromatic rings. The second-order valence-corrected chi connectivity index (χ2v) is 7.26. The summed E-state index contributed by atoms with van der Waals surface area (Å²) in [5, 5.41) is 6.71. The highest BCUT2D eigenvalue weighted by Gasteiger charge is 2.22. The van der Waals surface area contributed by atoms with Crippen LogP contribution in [-0.4, -0.2) is 59.0 Å². The van der Waals surface area contributed by atoms with Gasteiger partial charge in [-0.2, -0.15) is 0 Å². The number of hydrogen-bond donors (Lipinski definition) is 2. The van der Waals surface area contributed by atoms with Crippen LogP contribution in [0.25, 0.3) is 11.4 Å². The fraction of sp³-hybridized carbons (Fsp3) is 0.238. The van der Waals surface area contributed by atoms with Crippen LogP contribution in [0.5, 0.6) is 5.75 Å². The van der Waals surface area contributed by atoms with Crippen molar-refractivity contribution in [3.63, 3.8) is 0 Å². The van der Waals surface area contributed by atoms with Crippen LogP contribution in [0.1, 0.15) is 10.4 Å². The highest BCUT2D eigenvalue weighted by Crippen LogP contribution is 2.31. The van der Waals surface area contributed by atoms with E-state index in [0.717, 1.165) is 13.1 Å². The Morgan fingerprint density at radius 1 is 1.26 bits per heavy atom. The van der Waals surface area contributed by atoms with Gasteiger partial charge in [-0.05, 0) is 24.3 Å². The minimum Gasteiger partial charge on any atom is -0.491 e. The molecule has 10 heteroatoms. The van der Waals surface area contributed by atoms with Crippen LogP contribution in [0, 0.1) is 5.82 Å². The van der Waals surface area contributed by atoms with Gasteiger partial charge in [0.1, 0.15) is 5.82 Å². The first-order valence-electron chi connectivity index (χ1n) is 9.64. The molecule has 1 aromatic carbocycles. The van der Waals surface area contributed by atoms with Gasteiger partial charge < -0.3 is 20.3 Å². The van der Waals surface area contributed by atoms with Gasteiger partial charge in [-0.1, -0.05) is 11.6 Å². The van der Waals surface area contributed by atoms with Crippen molar-refractivity contribution in [3.05, 3.63) is 59.3 Å². The Morgan fingerprint density at radius 2 is 2.06 bits per heavy atom. The molecular weight excluding hydrogens is 423 g/mol. The Balaban J connectivity index is 1.69. The Hall–Kier alpha value is -3.30. The summed E-state index contributed by atoms with van der Waals surface area (Å²) in [4.78, 5) is 27.5. The van der Waals surface area contributed by atoms with E-state index in [1.807, 2.05) is 0 Å². The number of carbonyl (C=O) groups excluding carboxylic acids is 1. The molecule has 0 aliphatic carbocycles. The molecule has 4 rings (SSSR count). The summed E-state index contributed by atoms with van der Waals surface area (Å²) in [5.41, 5.74) is 1.07. The SMILES string of the molecule is COc1cnc(-c2cc(Cl)ccc2F)nc1Nc1ccncc1C(=O)N1CCNCC1. The predicted molar refractivity (Wildman–Crippen MR) is 115 cm³/mol. The molecule has 2 aromatic heterocycles. The molecule has 0 spiro atoms. The summed E-state index contributed by atoms with van der Waals surface area (Å²) in [6, 6.07) is 5.84. The van der Waals surface area contributed by atoms with E-state index < -0.39 is 5.82 Å². The molecule has 31 heavy (non-hydrogen) atoms. The molecule has 1 fully saturated rings. The maximum Gasteiger partial charge on any atom is 0.257 e. The lowest BCUT2D eigenvalue weighted by Crippen LogP contribution is -2.46. The number of methoxy groups -OCH3 is 1. The van der Waals surface area contributed by atoms with Gasteiger partial charge in [0.25, 0.3) is 5.91 Å². The van der Waals surface area contributed by atoms with Crippen LogP contribution >= 0.6 is 11.6 Å². The summed E-state index contributed by atoms with van der Waals surface area (Å²) in [7, 11) is 1.48. The molecule has 3 heterocycles. The maximum absolute atomic E-state index is 14.3. The van der Waals surface area contributed by atoms with Gasteiger partial charge in [0.15, 0.2) is 17.4 Å². The zero-order valence-electron chi connectivity index (χ0n) is 16.7. The lowest BCUT2D eigenvalue weighted by atomic mass is 10.2. The molecule has 1 aliphatic heterocycles. The number of ether oxygens (including phenoxy) is 1. The number of nitrogens with one attached hydrogen (secondary N) is 2. The number of hydrogen-bond acceptors (Lipinski definition) is 7. The summed E-state index contributed by atoms with van der Waals surface area (Å²) in [5.74, 6) is 0.119. The average Bonchev–Trinajstić information content (AvgIpc) is 2.81. The first-order valence-corrected chi connectivity index (χ1v) is 10.0. The number of carbonyl (C=O) groups is 1. The summed E-state index contributed by atoms with van der Waals surface area (Å²) in [6.07, 6.45) is 4.52. The van der Waals surface area contributed by atoms with E-state index in [1.165, 1.54) is 37.7 Å². The monoisotopic (exact) mass is 442 g/mol. The zero-order chi connectivity index (χ0) is 21.8. The molecule has 0 atom stereocenters. The quantitative estimate of drug-likeness (QED) is 0.627. The molecule has 0 bridgehead atoms. The molecule has 0 unspecified atom stereocenters. The van der Waals surface area contributed by atoms with Gasteiger partial charge in [-0.15, -0.1) is 0 Å². The normalized spacial score (nSPS) is 13.7. The van der Waals surface area contributed by atoms with E-state index in [1.54, 1.807) is 17.2 Å². The number of aromatic nitrogens is 3. The third-order valence-corrected chi connectivity index (χ3v) is 5.09. The second-order valence-electron chi connectivity index (χ2n) is 6.82. The van der Waals surface area contributed by atoms with Crippen molar-refractivity contribution in [3.8, 4) is 17.1 Å². The molecule has 1 saturated heterocycles. The smallest absolute Gasteiger partial charge is 0.257 e. The van der Waals surface area contributed by atoms with E-state index in [9.17, 15) is 9.18 Å². The van der Waals surface area contributed by atoms with E-state index in [-0.39, 0.29) is 23.1 Å². The van der Waals surface area contributed by atoms with Crippen molar-refractivity contribution in [2.75, 3.05) is 38.6 Å². The van der Waals surface area contributed by atoms with E-state index in [2.05, 4.69) is 25.6 Å². The third-order valence-electron chi connectivity index (χ3n) is 4.85. The lowest BCUT2D eigenvalue weighted by molar-refractivity contribution is 0.0736. The van der Waals surface area contributed by atoms with E-state index in [4.69, 9.17) is 16.3 Å². The van der Waals surface area contributed by atoms with Crippen LogP contribution in [0.15, 0.2) is 42.9 Å². The molecular formula is C21H20ClFN6O2. The van der Waals surface area contributed by atoms with Gasteiger partial charge in [-0.25, -0.2) is 14.4 Å². The first-order chi connectivity index (χ1) is 15.1. The average molecular weight is 443 g/mol. The molecule has 1 aliphatic rings. The van der Waals surface area contributed by atoms with Crippen LogP contribution in [0.2, 0.25) is 5.02 Å². The molecule has 160 valence electrons. The molecule has 2 N–H and O–H groups in total. The van der Waals surface area contributed by atoms with Crippen molar-refractivity contribution >= 4 is 29.0 Å². The number of anilines is 2. The topological polar surface area (TPSA) is 92.3 Å². The predicted octanol–water partition coefficient (Wildman–Crippen LogP) is 3.13. The molecule has 8 nitrogen and oxygen atoms in total. The number of piperazine rings is 1. The molecule has 0 saturated carbocycles. The van der Waals surface area contributed by atoms with Crippen molar-refractivity contribution in [1.29, 1.82) is 0 Å². The summed E-state index contributed by atoms with van der Waals surface area (Å²) >= 11 is 6.01. The number of halogens is 2. The molecule has 1 amide bonds. The second kappa shape index (κ2) is 9.23. The molecule has 0 radical (unpaired) electrons. The third kappa shape index (κ3) is 4.57. The van der Waals surface area contributed by atoms with Crippen molar-refractivity contribution in [1.82, 2.24) is 25.2 Å². The highest BCUT2D eigenvalue weighted by atomic mass is 35.5. The standard InChI is InChI=1S/C21H20ClFN6O2/c1-31-18-12-26-19(14-10-13(22)2-3-16(14)23)28-20(18)27-17-4-5-25-11-15(17)21(30)29-8-6-24-7-9-29/h2-5,10-12,24H,6-9H2,1H3,(H,25,26,27,28). The Morgan fingerprint density at radius 3 is 2.84 bits per heavy atom. The van der Waals surface area contributed by atoms with Crippen LogP contribution in [0.3, 0.4) is 0 Å². The fourth-order valence-electron chi connectivity index (χ4n) is 3.25. The summed E-state index contributed by atoms with van der Waals surface area (Å²) in [6.45, 7) is 2.70. The maximum atomic E-state index is 14.3. The Bertz CT molecular complexity index is 1110. The number of rotatable bonds is 5. The Kier molecular flexibility index (Phi) is 6.24. The van der Waals surface area contributed by atoms with Gasteiger partial charge in [0.2, 0.25) is 0 Å². The van der Waals surface area contributed by atoms with Gasteiger partial charge in [0, 0.05) is 43.6 Å². The number of pyridine rings is 1. The van der Waals surface area contributed by atoms with Crippen molar-refractivity contribution < 1.29 is 13.9 Å². The van der Waals surface area contributed by atoms with Crippen molar-refractivity contribution in [2.45, 2.75) is 0 Å². The number of benzene rings is 1. The van der Waals surface area contributed by atoms with Gasteiger partial charge >= 0.3 is 0 Å². The zero-order valence-corrected chi connectivity index (χ0v) is 17.5. The van der Waals surface area contributed by atoms with Crippen LogP contribution in [0.4, 0.5) is 15.9 Å². The van der Waals surface area contributed by atoms with E-state index in [0.29, 0.717) is 35.1 Å².